The first-order valence-corrected chi connectivity index (χ1v) is 9.04. The monoisotopic (exact) mass is 374 g/mol. The van der Waals surface area contributed by atoms with Crippen LogP contribution >= 0.6 is 0 Å². The lowest BCUT2D eigenvalue weighted by Crippen LogP contribution is -2.08. The zero-order chi connectivity index (χ0) is 19.2. The number of aromatic nitrogens is 5. The summed E-state index contributed by atoms with van der Waals surface area (Å²) in [6.45, 7) is 1.62. The van der Waals surface area contributed by atoms with Gasteiger partial charge in [-0.05, 0) is 42.8 Å². The molecule has 0 unspecified atom stereocenters. The second-order valence-corrected chi connectivity index (χ2v) is 6.26. The van der Waals surface area contributed by atoms with Crippen molar-refractivity contribution in [2.75, 3.05) is 11.9 Å². The molecule has 0 radical (unpaired) electrons. The molecule has 0 fully saturated rings. The molecule has 1 N–H and O–H groups in total. The molecule has 0 bridgehead atoms. The number of nitrogens with zero attached hydrogens (tertiary/aromatic N) is 5. The van der Waals surface area contributed by atoms with Gasteiger partial charge >= 0.3 is 0 Å². The van der Waals surface area contributed by atoms with E-state index < -0.39 is 0 Å². The van der Waals surface area contributed by atoms with Gasteiger partial charge in [-0.3, -0.25) is 4.98 Å². The number of halogens is 1. The van der Waals surface area contributed by atoms with Crippen LogP contribution in [0.5, 0.6) is 0 Å². The summed E-state index contributed by atoms with van der Waals surface area (Å²) in [5.41, 5.74) is 2.23. The lowest BCUT2D eigenvalue weighted by atomic mass is 10.1. The van der Waals surface area contributed by atoms with Crippen LogP contribution in [0.1, 0.15) is 6.42 Å². The van der Waals surface area contributed by atoms with Crippen LogP contribution in [0.2, 0.25) is 0 Å². The SMILES string of the molecule is Fc1ccc(-c2cc(NCCCn3ccnc3)nc(-c3ccccn3)n2)cc1. The molecular weight excluding hydrogens is 355 g/mol. The van der Waals surface area contributed by atoms with E-state index in [1.165, 1.54) is 12.1 Å². The smallest absolute Gasteiger partial charge is 0.180 e. The molecule has 0 atom stereocenters. The molecule has 0 spiro atoms. The van der Waals surface area contributed by atoms with Crippen LogP contribution < -0.4 is 5.32 Å². The van der Waals surface area contributed by atoms with Crippen molar-refractivity contribution in [3.8, 4) is 22.8 Å². The summed E-state index contributed by atoms with van der Waals surface area (Å²) in [6.07, 6.45) is 8.14. The van der Waals surface area contributed by atoms with E-state index in [-0.39, 0.29) is 5.82 Å². The first-order valence-electron chi connectivity index (χ1n) is 9.04. The van der Waals surface area contributed by atoms with Crippen LogP contribution in [0.3, 0.4) is 0 Å². The number of imidazole rings is 1. The third-order valence-corrected chi connectivity index (χ3v) is 4.22. The van der Waals surface area contributed by atoms with Crippen LogP contribution in [-0.2, 0) is 6.54 Å². The minimum Gasteiger partial charge on any atom is -0.370 e. The molecule has 4 aromatic rings. The van der Waals surface area contributed by atoms with Crippen molar-refractivity contribution in [2.24, 2.45) is 0 Å². The van der Waals surface area contributed by atoms with Gasteiger partial charge in [-0.25, -0.2) is 19.3 Å². The fourth-order valence-corrected chi connectivity index (χ4v) is 2.81. The molecule has 28 heavy (non-hydrogen) atoms. The maximum Gasteiger partial charge on any atom is 0.180 e. The van der Waals surface area contributed by atoms with Gasteiger partial charge in [0.2, 0.25) is 0 Å². The van der Waals surface area contributed by atoms with Crippen LogP contribution in [0.4, 0.5) is 10.2 Å². The average Bonchev–Trinajstić information content (AvgIpc) is 3.26. The van der Waals surface area contributed by atoms with E-state index in [0.29, 0.717) is 23.0 Å². The summed E-state index contributed by atoms with van der Waals surface area (Å²) in [4.78, 5) is 17.6. The normalized spacial score (nSPS) is 10.8. The van der Waals surface area contributed by atoms with Gasteiger partial charge < -0.3 is 9.88 Å². The van der Waals surface area contributed by atoms with E-state index in [0.717, 1.165) is 25.1 Å². The Bertz CT molecular complexity index is 1020. The third kappa shape index (κ3) is 4.37. The molecule has 7 heteroatoms. The molecule has 3 heterocycles. The fourth-order valence-electron chi connectivity index (χ4n) is 2.81. The third-order valence-electron chi connectivity index (χ3n) is 4.22. The Morgan fingerprint density at radius 1 is 0.964 bits per heavy atom. The van der Waals surface area contributed by atoms with Crippen molar-refractivity contribution in [1.29, 1.82) is 0 Å². The lowest BCUT2D eigenvalue weighted by Gasteiger charge is -2.10. The highest BCUT2D eigenvalue weighted by Gasteiger charge is 2.10. The van der Waals surface area contributed by atoms with Gasteiger partial charge in [0, 0.05) is 43.3 Å². The Balaban J connectivity index is 1.57. The number of aryl methyl sites for hydroxylation is 1. The number of rotatable bonds is 7. The topological polar surface area (TPSA) is 68.5 Å². The standard InChI is InChI=1S/C21H19FN6/c22-17-7-5-16(6-8-17)19-14-20(25-10-3-12-28-13-11-23-15-28)27-21(26-19)18-4-1-2-9-24-18/h1-2,4-9,11,13-15H,3,10,12H2,(H,25,26,27). The Kier molecular flexibility index (Phi) is 5.33. The van der Waals surface area contributed by atoms with Gasteiger partial charge in [0.05, 0.1) is 12.0 Å². The number of benzene rings is 1. The summed E-state index contributed by atoms with van der Waals surface area (Å²) >= 11 is 0. The van der Waals surface area contributed by atoms with Gasteiger partial charge in [-0.2, -0.15) is 0 Å². The number of anilines is 1. The van der Waals surface area contributed by atoms with Crippen molar-refractivity contribution in [1.82, 2.24) is 24.5 Å². The second kappa shape index (κ2) is 8.39. The molecule has 6 nitrogen and oxygen atoms in total. The van der Waals surface area contributed by atoms with Crippen molar-refractivity contribution in [2.45, 2.75) is 13.0 Å². The van der Waals surface area contributed by atoms with E-state index in [4.69, 9.17) is 0 Å². The van der Waals surface area contributed by atoms with Crippen molar-refractivity contribution in [3.05, 3.63) is 79.3 Å². The van der Waals surface area contributed by atoms with E-state index >= 15 is 0 Å². The van der Waals surface area contributed by atoms with Gasteiger partial charge in [0.15, 0.2) is 5.82 Å². The van der Waals surface area contributed by atoms with Gasteiger partial charge in [-0.15, -0.1) is 0 Å². The van der Waals surface area contributed by atoms with Crippen molar-refractivity contribution < 1.29 is 4.39 Å². The quantitative estimate of drug-likeness (QED) is 0.495. The van der Waals surface area contributed by atoms with Crippen LogP contribution in [-0.4, -0.2) is 31.0 Å². The number of hydrogen-bond acceptors (Lipinski definition) is 5. The largest absolute Gasteiger partial charge is 0.370 e. The molecular formula is C21H19FN6. The minimum absolute atomic E-state index is 0.277. The molecule has 0 saturated carbocycles. The van der Waals surface area contributed by atoms with Crippen LogP contribution in [0.15, 0.2) is 73.4 Å². The Hall–Kier alpha value is -3.61. The lowest BCUT2D eigenvalue weighted by molar-refractivity contribution is 0.628. The molecule has 0 saturated heterocycles. The Morgan fingerprint density at radius 3 is 2.61 bits per heavy atom. The molecule has 0 aliphatic rings. The first kappa shape index (κ1) is 17.8. The summed E-state index contributed by atoms with van der Waals surface area (Å²) in [7, 11) is 0. The van der Waals surface area contributed by atoms with Gasteiger partial charge in [-0.1, -0.05) is 6.07 Å². The molecule has 0 amide bonds. The molecule has 0 aliphatic heterocycles. The summed E-state index contributed by atoms with van der Waals surface area (Å²) in [5.74, 6) is 0.959. The zero-order valence-corrected chi connectivity index (χ0v) is 15.2. The predicted octanol–water partition coefficient (Wildman–Crippen LogP) is 4.04. The fraction of sp³-hybridized carbons (Fsp3) is 0.143. The highest BCUT2D eigenvalue weighted by Crippen LogP contribution is 2.23. The van der Waals surface area contributed by atoms with E-state index in [1.54, 1.807) is 30.9 Å². The first-order chi connectivity index (χ1) is 13.8. The van der Waals surface area contributed by atoms with Gasteiger partial charge in [0.25, 0.3) is 0 Å². The Labute approximate surface area is 162 Å². The molecule has 3 aromatic heterocycles. The molecule has 140 valence electrons. The maximum atomic E-state index is 13.3. The van der Waals surface area contributed by atoms with Gasteiger partial charge in [0.1, 0.15) is 17.3 Å². The van der Waals surface area contributed by atoms with Crippen LogP contribution in [0.25, 0.3) is 22.8 Å². The van der Waals surface area contributed by atoms with E-state index in [9.17, 15) is 4.39 Å². The van der Waals surface area contributed by atoms with Crippen molar-refractivity contribution >= 4 is 5.82 Å². The number of nitrogens with one attached hydrogen (secondary N) is 1. The van der Waals surface area contributed by atoms with E-state index in [1.807, 2.05) is 35.0 Å². The minimum atomic E-state index is -0.277. The number of pyridine rings is 1. The predicted molar refractivity (Wildman–Crippen MR) is 106 cm³/mol. The van der Waals surface area contributed by atoms with Crippen LogP contribution in [0, 0.1) is 5.82 Å². The molecule has 1 aromatic carbocycles. The van der Waals surface area contributed by atoms with E-state index in [2.05, 4.69) is 25.3 Å². The second-order valence-electron chi connectivity index (χ2n) is 6.26. The average molecular weight is 374 g/mol. The maximum absolute atomic E-state index is 13.3. The summed E-state index contributed by atoms with van der Waals surface area (Å²) in [5, 5.41) is 3.35. The van der Waals surface area contributed by atoms with Crippen molar-refractivity contribution in [3.63, 3.8) is 0 Å². The number of hydrogen-bond donors (Lipinski definition) is 1. The highest BCUT2D eigenvalue weighted by atomic mass is 19.1. The zero-order valence-electron chi connectivity index (χ0n) is 15.2. The molecule has 0 aliphatic carbocycles. The summed E-state index contributed by atoms with van der Waals surface area (Å²) in [6, 6.07) is 13.8. The highest BCUT2D eigenvalue weighted by molar-refractivity contribution is 5.66. The summed E-state index contributed by atoms with van der Waals surface area (Å²) < 4.78 is 15.3. The Morgan fingerprint density at radius 2 is 1.86 bits per heavy atom. The molecule has 4 rings (SSSR count).